The van der Waals surface area contributed by atoms with Crippen molar-refractivity contribution in [2.45, 2.75) is 25.4 Å². The number of nitro groups is 1. The Morgan fingerprint density at radius 1 is 1.24 bits per heavy atom. The highest BCUT2D eigenvalue weighted by Gasteiger charge is 2.30. The molecule has 0 bridgehead atoms. The van der Waals surface area contributed by atoms with Crippen LogP contribution in [0.2, 0.25) is 0 Å². The van der Waals surface area contributed by atoms with Crippen LogP contribution >= 0.6 is 12.2 Å². The fourth-order valence-electron chi connectivity index (χ4n) is 2.54. The van der Waals surface area contributed by atoms with Gasteiger partial charge in [-0.1, -0.05) is 12.1 Å². The number of rotatable bonds is 6. The average molecular weight is 357 g/mol. The molecule has 0 heterocycles. The quantitative estimate of drug-likeness (QED) is 0.479. The zero-order valence-corrected chi connectivity index (χ0v) is 14.7. The molecule has 130 valence electrons. The summed E-state index contributed by atoms with van der Waals surface area (Å²) in [7, 11) is 1.65. The topological polar surface area (TPSA) is 67.6 Å². The zero-order chi connectivity index (χ0) is 17.8. The number of thiocarbonyl (C=S) groups is 1. The molecule has 1 N–H and O–H groups in total. The molecule has 6 nitrogen and oxygen atoms in total. The van der Waals surface area contributed by atoms with Gasteiger partial charge >= 0.3 is 0 Å². The number of nitro benzene ring substituents is 1. The van der Waals surface area contributed by atoms with Crippen LogP contribution in [0.4, 0.5) is 11.4 Å². The van der Waals surface area contributed by atoms with Gasteiger partial charge in [-0.15, -0.1) is 0 Å². The van der Waals surface area contributed by atoms with Gasteiger partial charge in [0, 0.05) is 30.4 Å². The van der Waals surface area contributed by atoms with Crippen molar-refractivity contribution in [2.24, 2.45) is 0 Å². The van der Waals surface area contributed by atoms with Crippen molar-refractivity contribution in [3.05, 3.63) is 64.2 Å². The van der Waals surface area contributed by atoms with E-state index >= 15 is 0 Å². The third kappa shape index (κ3) is 4.45. The first kappa shape index (κ1) is 17.2. The summed E-state index contributed by atoms with van der Waals surface area (Å²) in [6, 6.07) is 14.7. The Bertz CT molecular complexity index is 758. The van der Waals surface area contributed by atoms with Crippen LogP contribution in [0.5, 0.6) is 5.75 Å². The maximum Gasteiger partial charge on any atom is 0.269 e. The molecule has 1 fully saturated rings. The number of methoxy groups -OCH3 is 1. The molecule has 0 radical (unpaired) electrons. The Balaban J connectivity index is 1.67. The van der Waals surface area contributed by atoms with E-state index in [1.165, 1.54) is 12.1 Å². The van der Waals surface area contributed by atoms with Gasteiger partial charge in [-0.25, -0.2) is 0 Å². The van der Waals surface area contributed by atoms with Crippen molar-refractivity contribution < 1.29 is 9.66 Å². The molecule has 0 unspecified atom stereocenters. The summed E-state index contributed by atoms with van der Waals surface area (Å²) >= 11 is 5.56. The maximum absolute atomic E-state index is 10.7. The second-order valence-corrected chi connectivity index (χ2v) is 6.33. The summed E-state index contributed by atoms with van der Waals surface area (Å²) in [4.78, 5) is 12.5. The van der Waals surface area contributed by atoms with E-state index in [4.69, 9.17) is 17.0 Å². The molecule has 2 aromatic carbocycles. The molecule has 0 spiro atoms. The first-order chi connectivity index (χ1) is 12.1. The van der Waals surface area contributed by atoms with Crippen LogP contribution in [0.25, 0.3) is 0 Å². The van der Waals surface area contributed by atoms with Gasteiger partial charge in [-0.05, 0) is 54.9 Å². The van der Waals surface area contributed by atoms with Gasteiger partial charge in [0.25, 0.3) is 5.69 Å². The lowest BCUT2D eigenvalue weighted by molar-refractivity contribution is -0.384. The van der Waals surface area contributed by atoms with E-state index in [9.17, 15) is 10.1 Å². The number of nitrogens with zero attached hydrogens (tertiary/aromatic N) is 2. The number of ether oxygens (including phenoxy) is 1. The van der Waals surface area contributed by atoms with Crippen molar-refractivity contribution in [3.63, 3.8) is 0 Å². The third-order valence-electron chi connectivity index (χ3n) is 4.09. The predicted molar refractivity (Wildman–Crippen MR) is 101 cm³/mol. The highest BCUT2D eigenvalue weighted by molar-refractivity contribution is 7.80. The number of anilines is 1. The molecule has 0 atom stereocenters. The highest BCUT2D eigenvalue weighted by Crippen LogP contribution is 2.29. The van der Waals surface area contributed by atoms with Crippen LogP contribution in [0.1, 0.15) is 18.4 Å². The minimum Gasteiger partial charge on any atom is -0.497 e. The normalized spacial score (nSPS) is 13.2. The Morgan fingerprint density at radius 3 is 2.40 bits per heavy atom. The summed E-state index contributed by atoms with van der Waals surface area (Å²) in [6.07, 6.45) is 2.25. The van der Waals surface area contributed by atoms with Gasteiger partial charge < -0.3 is 15.0 Å². The minimum absolute atomic E-state index is 0.0637. The van der Waals surface area contributed by atoms with E-state index in [0.717, 1.165) is 29.8 Å². The van der Waals surface area contributed by atoms with Crippen molar-refractivity contribution in [2.75, 3.05) is 12.4 Å². The largest absolute Gasteiger partial charge is 0.497 e. The van der Waals surface area contributed by atoms with Crippen molar-refractivity contribution in [1.82, 2.24) is 4.90 Å². The van der Waals surface area contributed by atoms with Crippen molar-refractivity contribution >= 4 is 28.7 Å². The summed E-state index contributed by atoms with van der Waals surface area (Å²) in [5, 5.41) is 14.5. The van der Waals surface area contributed by atoms with E-state index in [2.05, 4.69) is 10.2 Å². The van der Waals surface area contributed by atoms with E-state index in [1.54, 1.807) is 19.2 Å². The first-order valence-corrected chi connectivity index (χ1v) is 8.42. The molecule has 25 heavy (non-hydrogen) atoms. The molecule has 0 amide bonds. The average Bonchev–Trinajstić information content (AvgIpc) is 3.45. The summed E-state index contributed by atoms with van der Waals surface area (Å²) < 4.78 is 5.19. The van der Waals surface area contributed by atoms with Crippen LogP contribution in [0.15, 0.2) is 48.5 Å². The molecule has 1 saturated carbocycles. The molecule has 0 aromatic heterocycles. The zero-order valence-electron chi connectivity index (χ0n) is 13.8. The van der Waals surface area contributed by atoms with Crippen LogP contribution in [-0.4, -0.2) is 28.1 Å². The lowest BCUT2D eigenvalue weighted by Gasteiger charge is -2.26. The van der Waals surface area contributed by atoms with Gasteiger partial charge in [0.2, 0.25) is 0 Å². The van der Waals surface area contributed by atoms with Crippen molar-refractivity contribution in [1.29, 1.82) is 0 Å². The molecule has 1 aliphatic rings. The molecule has 2 aromatic rings. The third-order valence-corrected chi connectivity index (χ3v) is 4.43. The van der Waals surface area contributed by atoms with Crippen LogP contribution in [0.3, 0.4) is 0 Å². The van der Waals surface area contributed by atoms with E-state index in [1.807, 2.05) is 24.3 Å². The predicted octanol–water partition coefficient (Wildman–Crippen LogP) is 3.96. The highest BCUT2D eigenvalue weighted by atomic mass is 32.1. The molecule has 3 rings (SSSR count). The Morgan fingerprint density at radius 2 is 1.88 bits per heavy atom. The van der Waals surface area contributed by atoms with Crippen LogP contribution < -0.4 is 10.1 Å². The summed E-state index contributed by atoms with van der Waals surface area (Å²) in [5.41, 5.74) is 1.96. The number of hydrogen-bond acceptors (Lipinski definition) is 4. The van der Waals surface area contributed by atoms with Gasteiger partial charge in [0.15, 0.2) is 5.11 Å². The van der Waals surface area contributed by atoms with E-state index in [0.29, 0.717) is 17.7 Å². The maximum atomic E-state index is 10.7. The van der Waals surface area contributed by atoms with Gasteiger partial charge in [0.1, 0.15) is 5.75 Å². The SMILES string of the molecule is COc1ccc(CN(C(=S)Nc2ccc([N+](=O)[O-])cc2)C2CC2)cc1. The summed E-state index contributed by atoms with van der Waals surface area (Å²) in [5.74, 6) is 0.827. The first-order valence-electron chi connectivity index (χ1n) is 8.02. The second-order valence-electron chi connectivity index (χ2n) is 5.94. The lowest BCUT2D eigenvalue weighted by atomic mass is 10.2. The second kappa shape index (κ2) is 7.48. The minimum atomic E-state index is -0.414. The Kier molecular flexibility index (Phi) is 5.14. The van der Waals surface area contributed by atoms with Gasteiger partial charge in [-0.3, -0.25) is 10.1 Å². The van der Waals surface area contributed by atoms with E-state index < -0.39 is 4.92 Å². The fraction of sp³-hybridized carbons (Fsp3) is 0.278. The van der Waals surface area contributed by atoms with Crippen LogP contribution in [0, 0.1) is 10.1 Å². The molecule has 1 aliphatic carbocycles. The smallest absolute Gasteiger partial charge is 0.269 e. The molecule has 7 heteroatoms. The number of hydrogen-bond donors (Lipinski definition) is 1. The van der Waals surface area contributed by atoms with Gasteiger partial charge in [0.05, 0.1) is 12.0 Å². The lowest BCUT2D eigenvalue weighted by Crippen LogP contribution is -2.36. The Hall–Kier alpha value is -2.67. The fourth-order valence-corrected chi connectivity index (χ4v) is 2.87. The van der Waals surface area contributed by atoms with Crippen molar-refractivity contribution in [3.8, 4) is 5.75 Å². The monoisotopic (exact) mass is 357 g/mol. The van der Waals surface area contributed by atoms with E-state index in [-0.39, 0.29) is 5.69 Å². The number of benzene rings is 2. The Labute approximate surface area is 151 Å². The molecular formula is C18H19N3O3S. The van der Waals surface area contributed by atoms with Crippen LogP contribution in [-0.2, 0) is 6.54 Å². The standard InChI is InChI=1S/C18H19N3O3S/c1-24-17-10-2-13(3-11-17)12-20(15-8-9-15)18(25)19-14-4-6-16(7-5-14)21(22)23/h2-7,10-11,15H,8-9,12H2,1H3,(H,19,25). The van der Waals surface area contributed by atoms with Gasteiger partial charge in [-0.2, -0.15) is 0 Å². The molecular weight excluding hydrogens is 338 g/mol. The summed E-state index contributed by atoms with van der Waals surface area (Å²) in [6.45, 7) is 0.716. The molecule has 0 aliphatic heterocycles. The molecule has 0 saturated heterocycles. The number of non-ortho nitro benzene ring substituents is 1. The number of nitrogens with one attached hydrogen (secondary N) is 1.